The number of rotatable bonds is 6. The molecule has 1 rings (SSSR count). The van der Waals surface area contributed by atoms with E-state index in [1.165, 1.54) is 12.3 Å². The first-order valence-electron chi connectivity index (χ1n) is 4.65. The van der Waals surface area contributed by atoms with E-state index < -0.39 is 5.95 Å². The molecule has 1 aromatic rings. The summed E-state index contributed by atoms with van der Waals surface area (Å²) in [6.45, 7) is 3.73. The van der Waals surface area contributed by atoms with Crippen LogP contribution < -0.4 is 4.74 Å². The van der Waals surface area contributed by atoms with Gasteiger partial charge in [0.05, 0.1) is 6.61 Å². The minimum atomic E-state index is -0.531. The van der Waals surface area contributed by atoms with Crippen molar-refractivity contribution in [1.29, 1.82) is 0 Å². The number of hydrogen-bond acceptors (Lipinski definition) is 3. The summed E-state index contributed by atoms with van der Waals surface area (Å²) in [6, 6.07) is 2.86. The van der Waals surface area contributed by atoms with Gasteiger partial charge in [0.2, 0.25) is 5.95 Å². The van der Waals surface area contributed by atoms with E-state index in [-0.39, 0.29) is 0 Å². The molecule has 0 fully saturated rings. The van der Waals surface area contributed by atoms with Crippen LogP contribution >= 0.6 is 0 Å². The van der Waals surface area contributed by atoms with Crippen molar-refractivity contribution >= 4 is 0 Å². The van der Waals surface area contributed by atoms with Crippen LogP contribution in [0.5, 0.6) is 5.75 Å². The van der Waals surface area contributed by atoms with Crippen molar-refractivity contribution in [2.24, 2.45) is 0 Å². The van der Waals surface area contributed by atoms with Crippen LogP contribution in [0.25, 0.3) is 0 Å². The van der Waals surface area contributed by atoms with Crippen LogP contribution in [0.15, 0.2) is 18.3 Å². The first-order valence-corrected chi connectivity index (χ1v) is 4.65. The Morgan fingerprint density at radius 1 is 1.36 bits per heavy atom. The molecule has 14 heavy (non-hydrogen) atoms. The van der Waals surface area contributed by atoms with E-state index in [4.69, 9.17) is 9.47 Å². The molecule has 0 bridgehead atoms. The Morgan fingerprint density at radius 2 is 2.21 bits per heavy atom. The van der Waals surface area contributed by atoms with Crippen molar-refractivity contribution in [3.8, 4) is 5.75 Å². The highest BCUT2D eigenvalue weighted by atomic mass is 19.1. The zero-order valence-corrected chi connectivity index (χ0v) is 8.20. The second kappa shape index (κ2) is 6.32. The quantitative estimate of drug-likeness (QED) is 0.519. The average molecular weight is 199 g/mol. The summed E-state index contributed by atoms with van der Waals surface area (Å²) in [5.74, 6) is -0.0467. The van der Waals surface area contributed by atoms with Gasteiger partial charge in [0.15, 0.2) is 0 Å². The molecular formula is C10H14FNO2. The van der Waals surface area contributed by atoms with Gasteiger partial charge in [-0.1, -0.05) is 6.92 Å². The van der Waals surface area contributed by atoms with Crippen LogP contribution in [0.1, 0.15) is 13.3 Å². The molecule has 4 heteroatoms. The summed E-state index contributed by atoms with van der Waals surface area (Å²) in [7, 11) is 0. The summed E-state index contributed by atoms with van der Waals surface area (Å²) < 4.78 is 23.0. The Balaban J connectivity index is 2.18. The van der Waals surface area contributed by atoms with E-state index in [9.17, 15) is 4.39 Å². The van der Waals surface area contributed by atoms with Gasteiger partial charge in [-0.05, 0) is 12.5 Å². The molecule has 0 saturated carbocycles. The van der Waals surface area contributed by atoms with Gasteiger partial charge in [-0.3, -0.25) is 0 Å². The first-order chi connectivity index (χ1) is 6.83. The highest BCUT2D eigenvalue weighted by molar-refractivity contribution is 5.17. The Hall–Kier alpha value is -1.16. The van der Waals surface area contributed by atoms with Crippen molar-refractivity contribution in [3.05, 3.63) is 24.3 Å². The van der Waals surface area contributed by atoms with E-state index in [1.54, 1.807) is 6.07 Å². The molecule has 3 nitrogen and oxygen atoms in total. The maximum atomic E-state index is 12.6. The van der Waals surface area contributed by atoms with E-state index in [0.29, 0.717) is 19.0 Å². The van der Waals surface area contributed by atoms with Crippen molar-refractivity contribution in [2.45, 2.75) is 13.3 Å². The van der Waals surface area contributed by atoms with E-state index in [1.807, 2.05) is 6.92 Å². The van der Waals surface area contributed by atoms with Gasteiger partial charge in [0, 0.05) is 18.9 Å². The standard InChI is InChI=1S/C10H14FNO2/c1-2-5-13-6-7-14-9-3-4-12-10(11)8-9/h3-4,8H,2,5-7H2,1H3. The largest absolute Gasteiger partial charge is 0.491 e. The van der Waals surface area contributed by atoms with Gasteiger partial charge in [-0.15, -0.1) is 0 Å². The third-order valence-corrected chi connectivity index (χ3v) is 1.54. The number of pyridine rings is 1. The third kappa shape index (κ3) is 4.18. The predicted octanol–water partition coefficient (Wildman–Crippen LogP) is 2.03. The predicted molar refractivity (Wildman–Crippen MR) is 50.8 cm³/mol. The average Bonchev–Trinajstić information content (AvgIpc) is 2.18. The molecule has 0 saturated heterocycles. The molecule has 1 heterocycles. The number of ether oxygens (including phenoxy) is 2. The lowest BCUT2D eigenvalue weighted by molar-refractivity contribution is 0.100. The van der Waals surface area contributed by atoms with Crippen molar-refractivity contribution in [3.63, 3.8) is 0 Å². The fourth-order valence-corrected chi connectivity index (χ4v) is 0.939. The summed E-state index contributed by atoms with van der Waals surface area (Å²) in [5, 5.41) is 0. The van der Waals surface area contributed by atoms with Gasteiger partial charge in [-0.25, -0.2) is 4.98 Å². The highest BCUT2D eigenvalue weighted by Gasteiger charge is 1.96. The Morgan fingerprint density at radius 3 is 2.93 bits per heavy atom. The van der Waals surface area contributed by atoms with Gasteiger partial charge in [-0.2, -0.15) is 4.39 Å². The summed E-state index contributed by atoms with van der Waals surface area (Å²) in [4.78, 5) is 3.42. The third-order valence-electron chi connectivity index (χ3n) is 1.54. The van der Waals surface area contributed by atoms with Gasteiger partial charge in [0.25, 0.3) is 0 Å². The zero-order chi connectivity index (χ0) is 10.2. The van der Waals surface area contributed by atoms with Crippen LogP contribution in [-0.2, 0) is 4.74 Å². The maximum Gasteiger partial charge on any atom is 0.216 e. The number of nitrogens with zero attached hydrogens (tertiary/aromatic N) is 1. The second-order valence-corrected chi connectivity index (χ2v) is 2.78. The number of aromatic nitrogens is 1. The van der Waals surface area contributed by atoms with E-state index in [0.717, 1.165) is 13.0 Å². The van der Waals surface area contributed by atoms with Crippen LogP contribution in [0.3, 0.4) is 0 Å². The summed E-state index contributed by atoms with van der Waals surface area (Å²) >= 11 is 0. The highest BCUT2D eigenvalue weighted by Crippen LogP contribution is 2.09. The maximum absolute atomic E-state index is 12.6. The number of hydrogen-bond donors (Lipinski definition) is 0. The molecule has 0 aliphatic heterocycles. The molecule has 0 aromatic carbocycles. The molecule has 0 aliphatic rings. The molecule has 0 amide bonds. The molecule has 0 spiro atoms. The molecule has 0 aliphatic carbocycles. The van der Waals surface area contributed by atoms with Crippen LogP contribution in [0, 0.1) is 5.95 Å². The molecule has 0 unspecified atom stereocenters. The lowest BCUT2D eigenvalue weighted by Gasteiger charge is -2.05. The Kier molecular flexibility index (Phi) is 4.93. The molecule has 0 atom stereocenters. The fourth-order valence-electron chi connectivity index (χ4n) is 0.939. The monoisotopic (exact) mass is 199 g/mol. The van der Waals surface area contributed by atoms with Crippen LogP contribution in [-0.4, -0.2) is 24.8 Å². The van der Waals surface area contributed by atoms with E-state index in [2.05, 4.69) is 4.98 Å². The Bertz CT molecular complexity index is 268. The lowest BCUT2D eigenvalue weighted by Crippen LogP contribution is -2.07. The van der Waals surface area contributed by atoms with Crippen molar-refractivity contribution in [2.75, 3.05) is 19.8 Å². The second-order valence-electron chi connectivity index (χ2n) is 2.78. The fraction of sp³-hybridized carbons (Fsp3) is 0.500. The van der Waals surface area contributed by atoms with Crippen molar-refractivity contribution in [1.82, 2.24) is 4.98 Å². The minimum absolute atomic E-state index is 0.434. The zero-order valence-electron chi connectivity index (χ0n) is 8.20. The molecular weight excluding hydrogens is 185 g/mol. The molecule has 0 radical (unpaired) electrons. The molecule has 0 N–H and O–H groups in total. The van der Waals surface area contributed by atoms with Crippen LogP contribution in [0.4, 0.5) is 4.39 Å². The van der Waals surface area contributed by atoms with Gasteiger partial charge < -0.3 is 9.47 Å². The van der Waals surface area contributed by atoms with Crippen LogP contribution in [0.2, 0.25) is 0 Å². The molecule has 78 valence electrons. The van der Waals surface area contributed by atoms with Gasteiger partial charge >= 0.3 is 0 Å². The SMILES string of the molecule is CCCOCCOc1ccnc(F)c1. The lowest BCUT2D eigenvalue weighted by atomic mass is 10.4. The topological polar surface area (TPSA) is 31.4 Å². The Labute approximate surface area is 82.9 Å². The smallest absolute Gasteiger partial charge is 0.216 e. The number of halogens is 1. The van der Waals surface area contributed by atoms with Crippen molar-refractivity contribution < 1.29 is 13.9 Å². The normalized spacial score (nSPS) is 10.1. The van der Waals surface area contributed by atoms with E-state index >= 15 is 0 Å². The molecule has 1 aromatic heterocycles. The minimum Gasteiger partial charge on any atom is -0.491 e. The summed E-state index contributed by atoms with van der Waals surface area (Å²) in [5.41, 5.74) is 0. The van der Waals surface area contributed by atoms with Gasteiger partial charge in [0.1, 0.15) is 12.4 Å². The first kappa shape index (κ1) is 10.9. The summed E-state index contributed by atoms with van der Waals surface area (Å²) in [6.07, 6.45) is 2.36.